The summed E-state index contributed by atoms with van der Waals surface area (Å²) in [6.45, 7) is 8.55. The van der Waals surface area contributed by atoms with Crippen molar-refractivity contribution >= 4 is 0 Å². The highest BCUT2D eigenvalue weighted by atomic mass is 15.5. The number of nitrogens with zero attached hydrogens (tertiary/aromatic N) is 2. The lowest BCUT2D eigenvalue weighted by Gasteiger charge is -2.20. The molecule has 3 nitrogen and oxygen atoms in total. The van der Waals surface area contributed by atoms with Gasteiger partial charge in [0.2, 0.25) is 0 Å². The molecule has 1 heterocycles. The molecule has 0 aromatic heterocycles. The number of hydrogen-bond acceptors (Lipinski definition) is 3. The van der Waals surface area contributed by atoms with Crippen molar-refractivity contribution in [2.24, 2.45) is 16.3 Å². The maximum absolute atomic E-state index is 4.04. The fraction of sp³-hybridized carbons (Fsp3) is 0.778. The number of hydrogen-bond donors (Lipinski definition) is 1. The van der Waals surface area contributed by atoms with Crippen molar-refractivity contribution in [1.82, 2.24) is 5.43 Å². The van der Waals surface area contributed by atoms with E-state index in [-0.39, 0.29) is 6.04 Å². The molecule has 68 valence electrons. The van der Waals surface area contributed by atoms with Crippen molar-refractivity contribution in [2.45, 2.75) is 39.8 Å². The summed E-state index contributed by atoms with van der Waals surface area (Å²) in [5.41, 5.74) is 4.42. The standard InChI is InChI=1S/C9H17N3/c1-5-8(6(2)3)9-7(4)10-12-11-9/h5-7,9H,1-4H3,(H,10,11)/b8-5+. The van der Waals surface area contributed by atoms with Crippen molar-refractivity contribution in [3.05, 3.63) is 11.6 Å². The SMILES string of the molecule is C/C=C(\C(C)C)C1NN=NC1C. The Kier molecular flexibility index (Phi) is 2.84. The molecule has 0 fully saturated rings. The van der Waals surface area contributed by atoms with Crippen LogP contribution in [0.3, 0.4) is 0 Å². The zero-order chi connectivity index (χ0) is 9.14. The fourth-order valence-corrected chi connectivity index (χ4v) is 1.59. The minimum absolute atomic E-state index is 0.276. The summed E-state index contributed by atoms with van der Waals surface area (Å²) >= 11 is 0. The van der Waals surface area contributed by atoms with Crippen LogP contribution in [-0.2, 0) is 0 Å². The van der Waals surface area contributed by atoms with Gasteiger partial charge in [-0.15, -0.1) is 0 Å². The predicted molar refractivity (Wildman–Crippen MR) is 49.8 cm³/mol. The van der Waals surface area contributed by atoms with Gasteiger partial charge in [0.1, 0.15) is 0 Å². The molecule has 0 aliphatic carbocycles. The van der Waals surface area contributed by atoms with Crippen molar-refractivity contribution in [1.29, 1.82) is 0 Å². The summed E-state index contributed by atoms with van der Waals surface area (Å²) in [6, 6.07) is 0.591. The van der Waals surface area contributed by atoms with Gasteiger partial charge in [0.15, 0.2) is 0 Å². The number of nitrogens with one attached hydrogen (secondary N) is 1. The summed E-state index contributed by atoms with van der Waals surface area (Å²) in [5, 5.41) is 7.87. The third kappa shape index (κ3) is 1.65. The zero-order valence-electron chi connectivity index (χ0n) is 8.20. The van der Waals surface area contributed by atoms with Crippen LogP contribution in [0.15, 0.2) is 22.0 Å². The first-order valence-electron chi connectivity index (χ1n) is 4.48. The van der Waals surface area contributed by atoms with Crippen LogP contribution in [0.1, 0.15) is 27.7 Å². The first-order chi connectivity index (χ1) is 5.66. The van der Waals surface area contributed by atoms with Gasteiger partial charge in [-0.05, 0) is 25.3 Å². The summed E-state index contributed by atoms with van der Waals surface area (Å²) < 4.78 is 0. The molecule has 0 saturated heterocycles. The quantitative estimate of drug-likeness (QED) is 0.629. The van der Waals surface area contributed by atoms with Crippen molar-refractivity contribution in [3.8, 4) is 0 Å². The largest absolute Gasteiger partial charge is 0.282 e. The van der Waals surface area contributed by atoms with Crippen LogP contribution in [0.25, 0.3) is 0 Å². The van der Waals surface area contributed by atoms with Crippen LogP contribution < -0.4 is 5.43 Å². The summed E-state index contributed by atoms with van der Waals surface area (Å²) in [4.78, 5) is 0. The molecule has 0 aromatic carbocycles. The topological polar surface area (TPSA) is 36.8 Å². The molecule has 0 saturated carbocycles. The Morgan fingerprint density at radius 2 is 2.17 bits per heavy atom. The normalized spacial score (nSPS) is 29.6. The van der Waals surface area contributed by atoms with Gasteiger partial charge >= 0.3 is 0 Å². The highest BCUT2D eigenvalue weighted by Crippen LogP contribution is 2.21. The van der Waals surface area contributed by atoms with E-state index in [2.05, 4.69) is 49.5 Å². The maximum Gasteiger partial charge on any atom is 0.0957 e. The summed E-state index contributed by atoms with van der Waals surface area (Å²) in [6.07, 6.45) is 2.16. The lowest BCUT2D eigenvalue weighted by atomic mass is 9.92. The molecule has 3 heteroatoms. The van der Waals surface area contributed by atoms with Gasteiger partial charge in [-0.25, -0.2) is 0 Å². The molecule has 1 aliphatic rings. The Balaban J connectivity index is 2.69. The molecular formula is C9H17N3. The first kappa shape index (κ1) is 9.23. The van der Waals surface area contributed by atoms with Gasteiger partial charge in [0, 0.05) is 0 Å². The van der Waals surface area contributed by atoms with E-state index < -0.39 is 0 Å². The van der Waals surface area contributed by atoms with E-state index >= 15 is 0 Å². The third-order valence-corrected chi connectivity index (χ3v) is 2.28. The molecule has 0 bridgehead atoms. The summed E-state index contributed by atoms with van der Waals surface area (Å²) in [5.74, 6) is 0.568. The molecule has 12 heavy (non-hydrogen) atoms. The second-order valence-corrected chi connectivity index (χ2v) is 3.51. The minimum atomic E-state index is 0.276. The fourth-order valence-electron chi connectivity index (χ4n) is 1.59. The van der Waals surface area contributed by atoms with E-state index in [1.165, 1.54) is 5.57 Å². The van der Waals surface area contributed by atoms with Crippen LogP contribution in [-0.4, -0.2) is 12.1 Å². The molecule has 0 spiro atoms. The highest BCUT2D eigenvalue weighted by Gasteiger charge is 2.25. The van der Waals surface area contributed by atoms with Crippen LogP contribution in [0, 0.1) is 5.92 Å². The van der Waals surface area contributed by atoms with Crippen LogP contribution >= 0.6 is 0 Å². The lowest BCUT2D eigenvalue weighted by Crippen LogP contribution is -2.32. The van der Waals surface area contributed by atoms with E-state index in [0.29, 0.717) is 12.0 Å². The van der Waals surface area contributed by atoms with Crippen molar-refractivity contribution in [2.75, 3.05) is 0 Å². The minimum Gasteiger partial charge on any atom is -0.282 e. The molecular weight excluding hydrogens is 150 g/mol. The van der Waals surface area contributed by atoms with Crippen LogP contribution in [0.5, 0.6) is 0 Å². The Morgan fingerprint density at radius 3 is 2.50 bits per heavy atom. The van der Waals surface area contributed by atoms with Crippen molar-refractivity contribution < 1.29 is 0 Å². The van der Waals surface area contributed by atoms with E-state index in [9.17, 15) is 0 Å². The monoisotopic (exact) mass is 167 g/mol. The first-order valence-corrected chi connectivity index (χ1v) is 4.48. The molecule has 1 aliphatic heterocycles. The van der Waals surface area contributed by atoms with Crippen molar-refractivity contribution in [3.63, 3.8) is 0 Å². The summed E-state index contributed by atoms with van der Waals surface area (Å²) in [7, 11) is 0. The molecule has 0 aromatic rings. The Labute approximate surface area is 73.9 Å². The smallest absolute Gasteiger partial charge is 0.0957 e. The average Bonchev–Trinajstić information content (AvgIpc) is 2.38. The van der Waals surface area contributed by atoms with Gasteiger partial charge in [-0.1, -0.05) is 25.1 Å². The van der Waals surface area contributed by atoms with Gasteiger partial charge in [0.05, 0.1) is 12.1 Å². The third-order valence-electron chi connectivity index (χ3n) is 2.28. The zero-order valence-corrected chi connectivity index (χ0v) is 8.20. The highest BCUT2D eigenvalue weighted by molar-refractivity contribution is 5.15. The Morgan fingerprint density at radius 1 is 1.50 bits per heavy atom. The molecule has 1 N–H and O–H groups in total. The van der Waals surface area contributed by atoms with Gasteiger partial charge < -0.3 is 0 Å². The Bertz CT molecular complexity index is 206. The predicted octanol–water partition coefficient (Wildman–Crippen LogP) is 2.32. The molecule has 2 unspecified atom stereocenters. The van der Waals surface area contributed by atoms with E-state index in [1.54, 1.807) is 0 Å². The van der Waals surface area contributed by atoms with E-state index in [0.717, 1.165) is 0 Å². The lowest BCUT2D eigenvalue weighted by molar-refractivity contribution is 0.542. The van der Waals surface area contributed by atoms with Crippen LogP contribution in [0.2, 0.25) is 0 Å². The molecule has 0 radical (unpaired) electrons. The second kappa shape index (κ2) is 3.70. The van der Waals surface area contributed by atoms with E-state index in [1.807, 2.05) is 0 Å². The van der Waals surface area contributed by atoms with Crippen LogP contribution in [0.4, 0.5) is 0 Å². The molecule has 2 atom stereocenters. The van der Waals surface area contributed by atoms with Gasteiger partial charge in [-0.2, -0.15) is 5.11 Å². The van der Waals surface area contributed by atoms with Gasteiger partial charge in [0.25, 0.3) is 0 Å². The maximum atomic E-state index is 4.04. The number of allylic oxidation sites excluding steroid dienone is 1. The van der Waals surface area contributed by atoms with Gasteiger partial charge in [-0.3, -0.25) is 5.43 Å². The molecule has 1 rings (SSSR count). The van der Waals surface area contributed by atoms with E-state index in [4.69, 9.17) is 0 Å². The molecule has 0 amide bonds. The average molecular weight is 167 g/mol. The number of rotatable bonds is 2. The second-order valence-electron chi connectivity index (χ2n) is 3.51. The Hall–Kier alpha value is -0.860.